The molecule has 1 aromatic heterocycles. The summed E-state index contributed by atoms with van der Waals surface area (Å²) in [4.78, 5) is 35.5. The number of esters is 1. The van der Waals surface area contributed by atoms with Gasteiger partial charge in [0.05, 0.1) is 18.5 Å². The van der Waals surface area contributed by atoms with E-state index in [1.807, 2.05) is 44.2 Å². The van der Waals surface area contributed by atoms with Crippen LogP contribution in [0.5, 0.6) is 0 Å². The number of ether oxygens (including phenoxy) is 1. The Morgan fingerprint density at radius 1 is 1.14 bits per heavy atom. The molecule has 1 unspecified atom stereocenters. The minimum absolute atomic E-state index is 0.0121. The molecule has 0 radical (unpaired) electrons. The molecular weight excluding hydrogens is 473 g/mol. The molecule has 0 saturated heterocycles. The summed E-state index contributed by atoms with van der Waals surface area (Å²) in [5.41, 5.74) is 3.22. The summed E-state index contributed by atoms with van der Waals surface area (Å²) in [5, 5.41) is 3.33. The highest BCUT2D eigenvalue weighted by molar-refractivity contribution is 5.95. The molecule has 37 heavy (non-hydrogen) atoms. The van der Waals surface area contributed by atoms with Gasteiger partial charge in [-0.1, -0.05) is 32.0 Å². The number of amides is 1. The molecule has 1 aliphatic rings. The minimum Gasteiger partial charge on any atom is -0.466 e. The van der Waals surface area contributed by atoms with E-state index in [2.05, 4.69) is 10.3 Å². The quantitative estimate of drug-likeness (QED) is 0.371. The predicted octanol–water partition coefficient (Wildman–Crippen LogP) is 4.81. The number of methoxy groups -OCH3 is 1. The van der Waals surface area contributed by atoms with Crippen LogP contribution in [0, 0.1) is 5.82 Å². The number of hydrogen-bond donors (Lipinski definition) is 1. The average molecular weight is 502 g/mol. The van der Waals surface area contributed by atoms with E-state index in [4.69, 9.17) is 9.72 Å². The Labute approximate surface area is 214 Å². The van der Waals surface area contributed by atoms with Crippen LogP contribution in [0.2, 0.25) is 0 Å². The van der Waals surface area contributed by atoms with E-state index in [0.717, 1.165) is 0 Å². The maximum atomic E-state index is 13.8. The van der Waals surface area contributed by atoms with Crippen molar-refractivity contribution in [2.24, 2.45) is 4.99 Å². The van der Waals surface area contributed by atoms with Crippen LogP contribution >= 0.6 is 0 Å². The van der Waals surface area contributed by atoms with Crippen LogP contribution in [0.3, 0.4) is 0 Å². The monoisotopic (exact) mass is 501 g/mol. The fourth-order valence-electron chi connectivity index (χ4n) is 4.07. The van der Waals surface area contributed by atoms with Crippen LogP contribution in [0.15, 0.2) is 71.7 Å². The molecule has 0 bridgehead atoms. The first kappa shape index (κ1) is 25.6. The number of halogens is 1. The van der Waals surface area contributed by atoms with Gasteiger partial charge in [-0.3, -0.25) is 9.69 Å². The number of anilines is 1. The van der Waals surface area contributed by atoms with Gasteiger partial charge in [0.2, 0.25) is 12.2 Å². The minimum atomic E-state index is -0.709. The SMILES string of the molecule is COC(=O)/C=C/n1c(C(C)C)nc(C2=CC=NC(N(C(C)=O)c3ccccc3)N2)c1-c1ccc(F)cc1. The molecule has 1 N–H and O–H groups in total. The second-order valence-corrected chi connectivity index (χ2v) is 8.66. The van der Waals surface area contributed by atoms with Crippen molar-refractivity contribution < 1.29 is 18.7 Å². The molecule has 190 valence electrons. The van der Waals surface area contributed by atoms with Crippen molar-refractivity contribution in [3.63, 3.8) is 0 Å². The first-order chi connectivity index (χ1) is 17.8. The van der Waals surface area contributed by atoms with E-state index in [1.165, 1.54) is 32.2 Å². The van der Waals surface area contributed by atoms with Crippen LogP contribution in [0.4, 0.5) is 10.1 Å². The summed E-state index contributed by atoms with van der Waals surface area (Å²) in [6.45, 7) is 5.46. The lowest BCUT2D eigenvalue weighted by Crippen LogP contribution is -2.47. The van der Waals surface area contributed by atoms with E-state index < -0.39 is 12.3 Å². The van der Waals surface area contributed by atoms with Gasteiger partial charge in [0.25, 0.3) is 0 Å². The Balaban J connectivity index is 1.84. The third-order valence-electron chi connectivity index (χ3n) is 5.76. The number of benzene rings is 2. The summed E-state index contributed by atoms with van der Waals surface area (Å²) in [6, 6.07) is 15.3. The van der Waals surface area contributed by atoms with Gasteiger partial charge in [-0.25, -0.2) is 19.2 Å². The Hall–Kier alpha value is -4.53. The highest BCUT2D eigenvalue weighted by Gasteiger charge is 2.28. The van der Waals surface area contributed by atoms with Gasteiger partial charge >= 0.3 is 5.97 Å². The Bertz CT molecular complexity index is 1370. The summed E-state index contributed by atoms with van der Waals surface area (Å²) in [5.74, 6) is -0.398. The van der Waals surface area contributed by atoms with E-state index in [1.54, 1.807) is 40.1 Å². The maximum absolute atomic E-state index is 13.8. The van der Waals surface area contributed by atoms with Crippen LogP contribution in [0.1, 0.15) is 38.2 Å². The van der Waals surface area contributed by atoms with Crippen LogP contribution < -0.4 is 10.2 Å². The molecule has 0 saturated carbocycles. The number of carbonyl (C=O) groups is 2. The Morgan fingerprint density at radius 3 is 2.46 bits per heavy atom. The molecule has 1 atom stereocenters. The lowest BCUT2D eigenvalue weighted by molar-refractivity contribution is -0.134. The zero-order valence-corrected chi connectivity index (χ0v) is 21.1. The second kappa shape index (κ2) is 11.0. The van der Waals surface area contributed by atoms with Crippen LogP contribution in [-0.2, 0) is 14.3 Å². The molecule has 4 rings (SSSR count). The molecule has 8 nitrogen and oxygen atoms in total. The van der Waals surface area contributed by atoms with E-state index in [-0.39, 0.29) is 17.6 Å². The number of carbonyl (C=O) groups excluding carboxylic acids is 2. The fourth-order valence-corrected chi connectivity index (χ4v) is 4.07. The molecule has 1 aliphatic heterocycles. The van der Waals surface area contributed by atoms with Gasteiger partial charge in [0.15, 0.2) is 0 Å². The maximum Gasteiger partial charge on any atom is 0.331 e. The molecule has 3 aromatic rings. The average Bonchev–Trinajstić information content (AvgIpc) is 3.28. The highest BCUT2D eigenvalue weighted by atomic mass is 19.1. The number of nitrogens with one attached hydrogen (secondary N) is 1. The highest BCUT2D eigenvalue weighted by Crippen LogP contribution is 2.33. The van der Waals surface area contributed by atoms with Gasteiger partial charge in [0, 0.05) is 42.6 Å². The Morgan fingerprint density at radius 2 is 1.84 bits per heavy atom. The molecule has 0 aliphatic carbocycles. The molecule has 2 aromatic carbocycles. The molecule has 0 fully saturated rings. The van der Waals surface area contributed by atoms with Gasteiger partial charge in [-0.15, -0.1) is 0 Å². The first-order valence-corrected chi connectivity index (χ1v) is 11.8. The van der Waals surface area contributed by atoms with Gasteiger partial charge in [0.1, 0.15) is 17.3 Å². The lowest BCUT2D eigenvalue weighted by atomic mass is 10.1. The Kier molecular flexibility index (Phi) is 7.62. The van der Waals surface area contributed by atoms with Crippen molar-refractivity contribution in [3.8, 4) is 11.3 Å². The fraction of sp³-hybridized carbons (Fsp3) is 0.214. The van der Waals surface area contributed by atoms with Crippen molar-refractivity contribution in [3.05, 3.63) is 84.1 Å². The number of nitrogens with zero attached hydrogens (tertiary/aromatic N) is 4. The largest absolute Gasteiger partial charge is 0.466 e. The third kappa shape index (κ3) is 5.50. The number of aromatic nitrogens is 2. The molecule has 2 heterocycles. The van der Waals surface area contributed by atoms with Gasteiger partial charge in [-0.05, 0) is 42.5 Å². The van der Waals surface area contributed by atoms with Crippen molar-refractivity contribution in [2.75, 3.05) is 12.0 Å². The molecule has 0 spiro atoms. The van der Waals surface area contributed by atoms with Crippen LogP contribution in [-0.4, -0.2) is 41.0 Å². The zero-order valence-electron chi connectivity index (χ0n) is 21.1. The normalized spacial score (nSPS) is 15.0. The zero-order chi connectivity index (χ0) is 26.5. The number of imidazole rings is 1. The van der Waals surface area contributed by atoms with Crippen LogP contribution in [0.25, 0.3) is 23.2 Å². The van der Waals surface area contributed by atoms with Crippen molar-refractivity contribution >= 4 is 35.7 Å². The number of rotatable bonds is 7. The number of hydrogen-bond acceptors (Lipinski definition) is 6. The van der Waals surface area contributed by atoms with Crippen molar-refractivity contribution in [1.82, 2.24) is 14.9 Å². The summed E-state index contributed by atoms with van der Waals surface area (Å²) < 4.78 is 20.4. The molecule has 1 amide bonds. The van der Waals surface area contributed by atoms with E-state index in [0.29, 0.717) is 34.2 Å². The number of allylic oxidation sites excluding steroid dienone is 1. The second-order valence-electron chi connectivity index (χ2n) is 8.66. The molecular formula is C28H28FN5O3. The first-order valence-electron chi connectivity index (χ1n) is 11.8. The van der Waals surface area contributed by atoms with E-state index >= 15 is 0 Å². The number of aliphatic imine (C=N–C) groups is 1. The van der Waals surface area contributed by atoms with Gasteiger partial charge in [-0.2, -0.15) is 0 Å². The third-order valence-corrected chi connectivity index (χ3v) is 5.76. The number of para-hydroxylation sites is 1. The topological polar surface area (TPSA) is 88.8 Å². The summed E-state index contributed by atoms with van der Waals surface area (Å²) in [6.07, 6.45) is 5.59. The molecule has 9 heteroatoms. The summed E-state index contributed by atoms with van der Waals surface area (Å²) in [7, 11) is 1.31. The van der Waals surface area contributed by atoms with Crippen molar-refractivity contribution in [2.45, 2.75) is 33.0 Å². The smallest absolute Gasteiger partial charge is 0.331 e. The van der Waals surface area contributed by atoms with Crippen molar-refractivity contribution in [1.29, 1.82) is 0 Å². The predicted molar refractivity (Wildman–Crippen MR) is 142 cm³/mol. The lowest BCUT2D eigenvalue weighted by Gasteiger charge is -2.31. The summed E-state index contributed by atoms with van der Waals surface area (Å²) >= 11 is 0. The van der Waals surface area contributed by atoms with E-state index in [9.17, 15) is 14.0 Å². The van der Waals surface area contributed by atoms with Gasteiger partial charge < -0.3 is 14.6 Å². The standard InChI is InChI=1S/C28H28FN5O3/c1-18(2)27-32-25(26(20-10-12-21(29)13-11-20)33(27)17-15-24(36)37-4)23-14-16-30-28(31-23)34(19(3)35)22-8-6-5-7-9-22/h5-18,28,31H,1-4H3/b17-15+.